The summed E-state index contributed by atoms with van der Waals surface area (Å²) in [5, 5.41) is 13.1. The molecule has 0 saturated heterocycles. The van der Waals surface area contributed by atoms with E-state index in [1.165, 1.54) is 43.3 Å². The van der Waals surface area contributed by atoms with Crippen LogP contribution < -0.4 is 10.0 Å². The van der Waals surface area contributed by atoms with Crippen molar-refractivity contribution in [2.45, 2.75) is 24.8 Å². The van der Waals surface area contributed by atoms with Gasteiger partial charge in [-0.25, -0.2) is 8.42 Å². The lowest BCUT2D eigenvalue weighted by Gasteiger charge is -2.14. The fraction of sp³-hybridized carbons (Fsp3) is 0.188. The second-order valence-electron chi connectivity index (χ2n) is 5.45. The molecule has 0 heterocycles. The second kappa shape index (κ2) is 7.41. The van der Waals surface area contributed by atoms with Crippen LogP contribution in [-0.2, 0) is 14.8 Å². The van der Waals surface area contributed by atoms with Gasteiger partial charge in [-0.3, -0.25) is 14.9 Å². The molecule has 0 spiro atoms. The number of hydrogen-bond acceptors (Lipinski definition) is 5. The molecule has 0 radical (unpaired) electrons. The van der Waals surface area contributed by atoms with Gasteiger partial charge in [-0.05, 0) is 38.1 Å². The summed E-state index contributed by atoms with van der Waals surface area (Å²) < 4.78 is 26.8. The number of anilines is 1. The normalized spacial score (nSPS) is 12.4. The zero-order valence-corrected chi connectivity index (χ0v) is 14.4. The summed E-state index contributed by atoms with van der Waals surface area (Å²) in [5.41, 5.74) is 1.14. The van der Waals surface area contributed by atoms with Crippen LogP contribution in [0.3, 0.4) is 0 Å². The predicted molar refractivity (Wildman–Crippen MR) is 92.7 cm³/mol. The first-order valence-electron chi connectivity index (χ1n) is 7.33. The first kappa shape index (κ1) is 18.6. The monoisotopic (exact) mass is 363 g/mol. The molecule has 0 saturated carbocycles. The molecule has 2 N–H and O–H groups in total. The van der Waals surface area contributed by atoms with Crippen molar-refractivity contribution in [3.05, 3.63) is 64.2 Å². The molecule has 0 bridgehead atoms. The van der Waals surface area contributed by atoms with Crippen LogP contribution in [0.1, 0.15) is 12.5 Å². The maximum absolute atomic E-state index is 12.3. The Labute approximate surface area is 145 Å². The molecule has 2 aromatic carbocycles. The highest BCUT2D eigenvalue weighted by molar-refractivity contribution is 7.89. The molecule has 25 heavy (non-hydrogen) atoms. The smallest absolute Gasteiger partial charge is 0.269 e. The first-order chi connectivity index (χ1) is 11.7. The van der Waals surface area contributed by atoms with Gasteiger partial charge in [0, 0.05) is 17.8 Å². The van der Waals surface area contributed by atoms with E-state index >= 15 is 0 Å². The van der Waals surface area contributed by atoms with Crippen molar-refractivity contribution in [3.8, 4) is 0 Å². The van der Waals surface area contributed by atoms with Gasteiger partial charge >= 0.3 is 0 Å². The summed E-state index contributed by atoms with van der Waals surface area (Å²) in [5.74, 6) is -0.579. The molecule has 0 aliphatic rings. The third-order valence-corrected chi connectivity index (χ3v) is 4.96. The molecule has 0 fully saturated rings. The molecular formula is C16H17N3O5S. The predicted octanol–water partition coefficient (Wildman–Crippen LogP) is 2.21. The minimum atomic E-state index is -3.83. The molecule has 132 valence electrons. The highest BCUT2D eigenvalue weighted by atomic mass is 32.2. The van der Waals surface area contributed by atoms with Crippen LogP contribution in [-0.4, -0.2) is 25.3 Å². The van der Waals surface area contributed by atoms with Crippen LogP contribution in [0.15, 0.2) is 53.4 Å². The van der Waals surface area contributed by atoms with Crippen molar-refractivity contribution in [1.82, 2.24) is 4.72 Å². The molecule has 0 aromatic heterocycles. The molecule has 1 amide bonds. The summed E-state index contributed by atoms with van der Waals surface area (Å²) >= 11 is 0. The number of nitro benzene ring substituents is 1. The molecule has 2 rings (SSSR count). The van der Waals surface area contributed by atoms with E-state index in [9.17, 15) is 23.3 Å². The van der Waals surface area contributed by atoms with E-state index < -0.39 is 26.9 Å². The van der Waals surface area contributed by atoms with E-state index in [4.69, 9.17) is 0 Å². The zero-order valence-electron chi connectivity index (χ0n) is 13.6. The van der Waals surface area contributed by atoms with Gasteiger partial charge in [0.1, 0.15) is 0 Å². The van der Waals surface area contributed by atoms with Crippen molar-refractivity contribution in [1.29, 1.82) is 0 Å². The van der Waals surface area contributed by atoms with Crippen LogP contribution in [0.5, 0.6) is 0 Å². The molecular weight excluding hydrogens is 346 g/mol. The quantitative estimate of drug-likeness (QED) is 0.602. The van der Waals surface area contributed by atoms with Gasteiger partial charge in [0.05, 0.1) is 15.9 Å². The van der Waals surface area contributed by atoms with Gasteiger partial charge in [-0.1, -0.05) is 17.7 Å². The van der Waals surface area contributed by atoms with Crippen LogP contribution in [0.25, 0.3) is 0 Å². The fourth-order valence-corrected chi connectivity index (χ4v) is 3.19. The SMILES string of the molecule is Cc1ccc(S(=O)(=O)N[C@H](C)C(=O)Nc2ccc([N+](=O)[O-])cc2)cc1. The minimum absolute atomic E-state index is 0.0630. The number of rotatable bonds is 6. The van der Waals surface area contributed by atoms with Gasteiger partial charge in [0.25, 0.3) is 5.69 Å². The summed E-state index contributed by atoms with van der Waals surface area (Å²) in [4.78, 5) is 22.2. The number of nitrogens with one attached hydrogen (secondary N) is 2. The molecule has 0 unspecified atom stereocenters. The number of nitrogens with zero attached hydrogens (tertiary/aromatic N) is 1. The zero-order chi connectivity index (χ0) is 18.6. The van der Waals surface area contributed by atoms with Crippen LogP contribution in [0.2, 0.25) is 0 Å². The lowest BCUT2D eigenvalue weighted by molar-refractivity contribution is -0.384. The Hall–Kier alpha value is -2.78. The molecule has 0 aliphatic carbocycles. The Balaban J connectivity index is 2.04. The number of benzene rings is 2. The van der Waals surface area contributed by atoms with Crippen LogP contribution in [0, 0.1) is 17.0 Å². The number of hydrogen-bond donors (Lipinski definition) is 2. The molecule has 0 aliphatic heterocycles. The number of aryl methyl sites for hydroxylation is 1. The van der Waals surface area contributed by atoms with E-state index in [1.54, 1.807) is 12.1 Å². The van der Waals surface area contributed by atoms with Crippen molar-refractivity contribution >= 4 is 27.3 Å². The average Bonchev–Trinajstić information content (AvgIpc) is 2.55. The Morgan fingerprint density at radius 3 is 2.16 bits per heavy atom. The fourth-order valence-electron chi connectivity index (χ4n) is 1.99. The lowest BCUT2D eigenvalue weighted by Crippen LogP contribution is -2.41. The summed E-state index contributed by atoms with van der Waals surface area (Å²) in [6.45, 7) is 3.25. The van der Waals surface area contributed by atoms with Crippen LogP contribution in [0.4, 0.5) is 11.4 Å². The molecule has 9 heteroatoms. The van der Waals surface area contributed by atoms with Crippen molar-refractivity contribution in [2.75, 3.05) is 5.32 Å². The molecule has 8 nitrogen and oxygen atoms in total. The standard InChI is InChI=1S/C16H17N3O5S/c1-11-3-9-15(10-4-11)25(23,24)18-12(2)16(20)17-13-5-7-14(8-6-13)19(21)22/h3-10,12,18H,1-2H3,(H,17,20)/t12-/m1/s1. The van der Waals surface area contributed by atoms with Crippen molar-refractivity contribution in [3.63, 3.8) is 0 Å². The Morgan fingerprint density at radius 1 is 1.08 bits per heavy atom. The number of carbonyl (C=O) groups is 1. The number of non-ortho nitro benzene ring substituents is 1. The third-order valence-electron chi connectivity index (χ3n) is 3.40. The second-order valence-corrected chi connectivity index (χ2v) is 7.16. The van der Waals surface area contributed by atoms with Crippen LogP contribution >= 0.6 is 0 Å². The van der Waals surface area contributed by atoms with E-state index in [1.807, 2.05) is 6.92 Å². The summed E-state index contributed by atoms with van der Waals surface area (Å²) in [6.07, 6.45) is 0. The minimum Gasteiger partial charge on any atom is -0.325 e. The number of amides is 1. The maximum atomic E-state index is 12.3. The van der Waals surface area contributed by atoms with Crippen molar-refractivity contribution < 1.29 is 18.1 Å². The molecule has 1 atom stereocenters. The van der Waals surface area contributed by atoms with Gasteiger partial charge < -0.3 is 5.32 Å². The Kier molecular flexibility index (Phi) is 5.50. The number of sulfonamides is 1. The Morgan fingerprint density at radius 2 is 1.64 bits per heavy atom. The van der Waals surface area contributed by atoms with Gasteiger partial charge in [-0.15, -0.1) is 0 Å². The first-order valence-corrected chi connectivity index (χ1v) is 8.82. The number of carbonyl (C=O) groups excluding carboxylic acids is 1. The summed E-state index contributed by atoms with van der Waals surface area (Å²) in [6, 6.07) is 10.5. The van der Waals surface area contributed by atoms with Gasteiger partial charge in [-0.2, -0.15) is 4.72 Å². The van der Waals surface area contributed by atoms with E-state index in [0.29, 0.717) is 5.69 Å². The topological polar surface area (TPSA) is 118 Å². The average molecular weight is 363 g/mol. The lowest BCUT2D eigenvalue weighted by atomic mass is 10.2. The number of nitro groups is 1. The van der Waals surface area contributed by atoms with E-state index in [-0.39, 0.29) is 10.6 Å². The van der Waals surface area contributed by atoms with Gasteiger partial charge in [0.2, 0.25) is 15.9 Å². The van der Waals surface area contributed by atoms with Crippen molar-refractivity contribution in [2.24, 2.45) is 0 Å². The van der Waals surface area contributed by atoms with E-state index in [2.05, 4.69) is 10.0 Å². The van der Waals surface area contributed by atoms with Gasteiger partial charge in [0.15, 0.2) is 0 Å². The Bertz CT molecular complexity index is 877. The highest BCUT2D eigenvalue weighted by Gasteiger charge is 2.22. The molecule has 2 aromatic rings. The highest BCUT2D eigenvalue weighted by Crippen LogP contribution is 2.16. The third kappa shape index (κ3) is 4.85. The summed E-state index contributed by atoms with van der Waals surface area (Å²) in [7, 11) is -3.83. The van der Waals surface area contributed by atoms with E-state index in [0.717, 1.165) is 5.56 Å². The largest absolute Gasteiger partial charge is 0.325 e. The maximum Gasteiger partial charge on any atom is 0.269 e.